The number of phenols is 1. The summed E-state index contributed by atoms with van der Waals surface area (Å²) >= 11 is 5.48. The quantitative estimate of drug-likeness (QED) is 0.431. The van der Waals surface area contributed by atoms with Gasteiger partial charge in [0.2, 0.25) is 0 Å². The topological polar surface area (TPSA) is 78.8 Å². The minimum atomic E-state index is -0.722. The molecule has 0 heterocycles. The van der Waals surface area contributed by atoms with E-state index >= 15 is 0 Å². The molecule has 140 valence electrons. The Bertz CT molecular complexity index is 765. The summed E-state index contributed by atoms with van der Waals surface area (Å²) in [6, 6.07) is 12.3. The molecule has 5 nitrogen and oxygen atoms in total. The molecule has 0 radical (unpaired) electrons. The number of halogens is 2. The summed E-state index contributed by atoms with van der Waals surface area (Å²) in [5.41, 5.74) is 0.540. The summed E-state index contributed by atoms with van der Waals surface area (Å²) in [5.74, 6) is 0.0536. The van der Waals surface area contributed by atoms with Crippen molar-refractivity contribution in [3.63, 3.8) is 0 Å². The first-order chi connectivity index (χ1) is 12.2. The zero-order valence-corrected chi connectivity index (χ0v) is 18.2. The molecule has 2 rings (SSSR count). The minimum Gasteiger partial charge on any atom is -0.508 e. The molecule has 0 spiro atoms. The number of carbonyl (C=O) groups excluding carboxylic acids is 1. The van der Waals surface area contributed by atoms with E-state index in [1.54, 1.807) is 30.3 Å². The average Bonchev–Trinajstić information content (AvgIpc) is 2.57. The number of nitrogens with one attached hydrogen (secondary N) is 1. The van der Waals surface area contributed by atoms with E-state index in [1.165, 1.54) is 0 Å². The van der Waals surface area contributed by atoms with Crippen LogP contribution in [0.3, 0.4) is 0 Å². The summed E-state index contributed by atoms with van der Waals surface area (Å²) in [6.45, 7) is 3.73. The van der Waals surface area contributed by atoms with Gasteiger partial charge < -0.3 is 14.9 Å². The van der Waals surface area contributed by atoms with Crippen LogP contribution in [0.1, 0.15) is 31.9 Å². The average molecular weight is 534 g/mol. The Balaban J connectivity index is 2.27. The van der Waals surface area contributed by atoms with Crippen LogP contribution < -0.4 is 5.32 Å². The fraction of sp³-hybridized carbons (Fsp3) is 0.316. The molecule has 26 heavy (non-hydrogen) atoms. The largest absolute Gasteiger partial charge is 0.508 e. The van der Waals surface area contributed by atoms with Crippen molar-refractivity contribution >= 4 is 50.3 Å². The number of hydrogen-bond donors (Lipinski definition) is 3. The van der Waals surface area contributed by atoms with Crippen LogP contribution in [0.2, 0.25) is 0 Å². The molecule has 0 aromatic heterocycles. The van der Waals surface area contributed by atoms with Gasteiger partial charge in [-0.1, -0.05) is 29.8 Å². The number of phenolic OH excluding ortho intramolecular Hbond substituents is 1. The first-order valence-corrected chi connectivity index (χ1v) is 9.92. The normalized spacial score (nSPS) is 12.5. The zero-order valence-electron chi connectivity index (χ0n) is 14.5. The monoisotopic (exact) mass is 533 g/mol. The van der Waals surface area contributed by atoms with E-state index in [0.717, 1.165) is 8.04 Å². The van der Waals surface area contributed by atoms with Crippen LogP contribution in [0.5, 0.6) is 5.75 Å². The molecular weight excluding hydrogens is 513 g/mol. The van der Waals surface area contributed by atoms with Gasteiger partial charge >= 0.3 is 6.09 Å². The lowest BCUT2D eigenvalue weighted by molar-refractivity contribution is 0.0138. The SMILES string of the molecule is CC(C)(CCO)[C@H](OC(=O)Nc1ccc(Br)cc1)c1cc(I)ccc1O. The number of anilines is 1. The van der Waals surface area contributed by atoms with Crippen molar-refractivity contribution in [1.82, 2.24) is 0 Å². The molecule has 0 unspecified atom stereocenters. The second-order valence-electron chi connectivity index (χ2n) is 6.58. The first-order valence-electron chi connectivity index (χ1n) is 8.05. The number of aromatic hydroxyl groups is 1. The Kier molecular flexibility index (Phi) is 7.31. The Morgan fingerprint density at radius 3 is 2.54 bits per heavy atom. The zero-order chi connectivity index (χ0) is 19.3. The van der Waals surface area contributed by atoms with E-state index in [2.05, 4.69) is 43.8 Å². The molecule has 2 aromatic carbocycles. The van der Waals surface area contributed by atoms with Crippen molar-refractivity contribution in [2.24, 2.45) is 5.41 Å². The number of carbonyl (C=O) groups is 1. The number of rotatable bonds is 6. The van der Waals surface area contributed by atoms with Crippen LogP contribution in [0, 0.1) is 8.99 Å². The summed E-state index contributed by atoms with van der Waals surface area (Å²) in [5, 5.41) is 22.4. The number of hydrogen-bond acceptors (Lipinski definition) is 4. The maximum atomic E-state index is 12.4. The van der Waals surface area contributed by atoms with Crippen molar-refractivity contribution in [2.75, 3.05) is 11.9 Å². The van der Waals surface area contributed by atoms with Crippen molar-refractivity contribution < 1.29 is 19.7 Å². The van der Waals surface area contributed by atoms with Crippen molar-refractivity contribution in [3.05, 3.63) is 56.1 Å². The minimum absolute atomic E-state index is 0.0497. The highest BCUT2D eigenvalue weighted by Crippen LogP contribution is 2.43. The molecule has 0 fully saturated rings. The van der Waals surface area contributed by atoms with Crippen LogP contribution in [0.4, 0.5) is 10.5 Å². The van der Waals surface area contributed by atoms with Gasteiger partial charge in [0.25, 0.3) is 0 Å². The predicted molar refractivity (Wildman–Crippen MR) is 113 cm³/mol. The summed E-state index contributed by atoms with van der Waals surface area (Å²) in [6.07, 6.45) is -0.935. The third kappa shape index (κ3) is 5.59. The molecule has 0 saturated carbocycles. The highest BCUT2D eigenvalue weighted by molar-refractivity contribution is 14.1. The van der Waals surface area contributed by atoms with Gasteiger partial charge in [-0.05, 0) is 71.5 Å². The molecule has 2 aromatic rings. The number of ether oxygens (including phenoxy) is 1. The fourth-order valence-electron chi connectivity index (χ4n) is 2.59. The smallest absolute Gasteiger partial charge is 0.412 e. The van der Waals surface area contributed by atoms with E-state index in [4.69, 9.17) is 4.74 Å². The lowest BCUT2D eigenvalue weighted by atomic mass is 9.79. The lowest BCUT2D eigenvalue weighted by Gasteiger charge is -2.34. The van der Waals surface area contributed by atoms with Gasteiger partial charge in [-0.2, -0.15) is 0 Å². The molecule has 1 atom stereocenters. The van der Waals surface area contributed by atoms with E-state index in [9.17, 15) is 15.0 Å². The van der Waals surface area contributed by atoms with E-state index < -0.39 is 17.6 Å². The second kappa shape index (κ2) is 9.05. The van der Waals surface area contributed by atoms with Gasteiger partial charge in [0.1, 0.15) is 11.9 Å². The maximum absolute atomic E-state index is 12.4. The van der Waals surface area contributed by atoms with Gasteiger partial charge in [-0.15, -0.1) is 0 Å². The Morgan fingerprint density at radius 2 is 1.92 bits per heavy atom. The van der Waals surface area contributed by atoms with Crippen molar-refractivity contribution in [2.45, 2.75) is 26.4 Å². The maximum Gasteiger partial charge on any atom is 0.412 e. The molecule has 0 aliphatic rings. The van der Waals surface area contributed by atoms with Gasteiger partial charge in [0.05, 0.1) is 0 Å². The van der Waals surface area contributed by atoms with Gasteiger partial charge in [-0.25, -0.2) is 4.79 Å². The Morgan fingerprint density at radius 1 is 1.27 bits per heavy atom. The molecule has 0 aliphatic carbocycles. The van der Waals surface area contributed by atoms with Crippen LogP contribution in [-0.4, -0.2) is 22.9 Å². The molecule has 1 amide bonds. The Hall–Kier alpha value is -1.32. The molecule has 0 saturated heterocycles. The highest BCUT2D eigenvalue weighted by atomic mass is 127. The molecule has 0 bridgehead atoms. The van der Waals surface area contributed by atoms with Crippen molar-refractivity contribution in [1.29, 1.82) is 0 Å². The third-order valence-corrected chi connectivity index (χ3v) is 5.25. The van der Waals surface area contributed by atoms with Crippen LogP contribution >= 0.6 is 38.5 Å². The number of amides is 1. The first kappa shape index (κ1) is 21.0. The standard InChI is InChI=1S/C19H21BrINO4/c1-19(2,9-10-23)17(15-11-13(21)5-8-16(15)24)26-18(25)22-14-6-3-12(20)4-7-14/h3-8,11,17,23-24H,9-10H2,1-2H3,(H,22,25)/t17-/m1/s1. The number of aliphatic hydroxyl groups is 1. The van der Waals surface area contributed by atoms with E-state index in [0.29, 0.717) is 17.7 Å². The molecule has 0 aliphatic heterocycles. The van der Waals surface area contributed by atoms with Crippen LogP contribution in [0.15, 0.2) is 46.9 Å². The van der Waals surface area contributed by atoms with Crippen LogP contribution in [-0.2, 0) is 4.74 Å². The second-order valence-corrected chi connectivity index (χ2v) is 8.74. The Labute approximate surface area is 175 Å². The van der Waals surface area contributed by atoms with E-state index in [1.807, 2.05) is 26.0 Å². The molecule has 7 heteroatoms. The summed E-state index contributed by atoms with van der Waals surface area (Å²) in [7, 11) is 0. The predicted octanol–water partition coefficient (Wildman–Crippen LogP) is 5.46. The van der Waals surface area contributed by atoms with Crippen LogP contribution in [0.25, 0.3) is 0 Å². The van der Waals surface area contributed by atoms with Gasteiger partial charge in [0.15, 0.2) is 0 Å². The van der Waals surface area contributed by atoms with E-state index in [-0.39, 0.29) is 12.4 Å². The van der Waals surface area contributed by atoms with Crippen molar-refractivity contribution in [3.8, 4) is 5.75 Å². The number of aliphatic hydroxyl groups excluding tert-OH is 1. The highest BCUT2D eigenvalue weighted by Gasteiger charge is 2.35. The fourth-order valence-corrected chi connectivity index (χ4v) is 3.37. The lowest BCUT2D eigenvalue weighted by Crippen LogP contribution is -2.30. The third-order valence-electron chi connectivity index (χ3n) is 4.05. The number of benzene rings is 2. The molecular formula is C19H21BrINO4. The summed E-state index contributed by atoms with van der Waals surface area (Å²) < 4.78 is 7.51. The van der Waals surface area contributed by atoms with Gasteiger partial charge in [0, 0.05) is 31.3 Å². The van der Waals surface area contributed by atoms with Gasteiger partial charge in [-0.3, -0.25) is 5.32 Å². The molecule has 3 N–H and O–H groups in total. The summed E-state index contributed by atoms with van der Waals surface area (Å²) in [4.78, 5) is 12.4.